The molecule has 2 aromatic rings. The molecule has 0 radical (unpaired) electrons. The number of thioether (sulfide) groups is 1. The van der Waals surface area contributed by atoms with Crippen LogP contribution in [0, 0.1) is 12.7 Å². The van der Waals surface area contributed by atoms with Crippen molar-refractivity contribution in [3.63, 3.8) is 0 Å². The number of hydrogen-bond donors (Lipinski definition) is 2. The molecule has 0 saturated heterocycles. The minimum Gasteiger partial charge on any atom is -0.379 e. The maximum absolute atomic E-state index is 14.4. The van der Waals surface area contributed by atoms with Gasteiger partial charge in [0.05, 0.1) is 5.54 Å². The van der Waals surface area contributed by atoms with Crippen LogP contribution in [0.15, 0.2) is 41.4 Å². The lowest BCUT2D eigenvalue weighted by Crippen LogP contribution is -2.29. The second kappa shape index (κ2) is 6.20. The van der Waals surface area contributed by atoms with Crippen LogP contribution in [0.1, 0.15) is 24.6 Å². The third-order valence-corrected chi connectivity index (χ3v) is 4.70. The molecule has 120 valence electrons. The molecule has 3 N–H and O–H groups in total. The van der Waals surface area contributed by atoms with Gasteiger partial charge in [-0.3, -0.25) is 4.99 Å². The lowest BCUT2D eigenvalue weighted by Gasteiger charge is -2.30. The summed E-state index contributed by atoms with van der Waals surface area (Å²) in [5, 5.41) is 3.73. The lowest BCUT2D eigenvalue weighted by atomic mass is 9.89. The zero-order valence-electron chi connectivity index (χ0n) is 13.1. The van der Waals surface area contributed by atoms with Gasteiger partial charge in [-0.2, -0.15) is 0 Å². The van der Waals surface area contributed by atoms with Crippen LogP contribution >= 0.6 is 11.8 Å². The summed E-state index contributed by atoms with van der Waals surface area (Å²) in [6.07, 6.45) is 0.751. The van der Waals surface area contributed by atoms with Crippen molar-refractivity contribution >= 4 is 28.4 Å². The average Bonchev–Trinajstić information content (AvgIpc) is 2.49. The van der Waals surface area contributed by atoms with E-state index in [1.165, 1.54) is 17.8 Å². The van der Waals surface area contributed by atoms with Crippen molar-refractivity contribution in [2.75, 3.05) is 11.1 Å². The summed E-state index contributed by atoms with van der Waals surface area (Å²) >= 11 is 1.51. The van der Waals surface area contributed by atoms with Crippen molar-refractivity contribution in [2.45, 2.75) is 25.8 Å². The van der Waals surface area contributed by atoms with Crippen molar-refractivity contribution < 1.29 is 4.39 Å². The van der Waals surface area contributed by atoms with Gasteiger partial charge in [0.25, 0.3) is 0 Å². The number of nitrogens with zero attached hydrogens (tertiary/aromatic N) is 2. The Morgan fingerprint density at radius 3 is 2.87 bits per heavy atom. The highest BCUT2D eigenvalue weighted by atomic mass is 32.2. The van der Waals surface area contributed by atoms with Gasteiger partial charge in [-0.05, 0) is 50.6 Å². The third-order valence-electron chi connectivity index (χ3n) is 3.90. The number of aryl methyl sites for hydroxylation is 1. The summed E-state index contributed by atoms with van der Waals surface area (Å²) in [6, 6.07) is 10.7. The molecule has 0 aliphatic carbocycles. The summed E-state index contributed by atoms with van der Waals surface area (Å²) in [4.78, 5) is 8.89. The van der Waals surface area contributed by atoms with Gasteiger partial charge < -0.3 is 11.1 Å². The first-order valence-electron chi connectivity index (χ1n) is 7.45. The van der Waals surface area contributed by atoms with E-state index in [4.69, 9.17) is 5.73 Å². The Bertz CT molecular complexity index is 762. The Morgan fingerprint density at radius 2 is 2.13 bits per heavy atom. The zero-order chi connectivity index (χ0) is 16.4. The number of nitrogens with two attached hydrogens (primary N) is 1. The molecule has 2 heterocycles. The molecule has 1 aliphatic rings. The SMILES string of the molecule is Cc1cccc(Nc2ccc(F)c([C@]3(C)CCSC(N)=N3)c2)n1. The van der Waals surface area contributed by atoms with Crippen LogP contribution in [0.4, 0.5) is 15.9 Å². The third kappa shape index (κ3) is 3.47. The zero-order valence-corrected chi connectivity index (χ0v) is 14.0. The van der Waals surface area contributed by atoms with Crippen molar-refractivity contribution in [3.8, 4) is 0 Å². The number of halogens is 1. The quantitative estimate of drug-likeness (QED) is 0.895. The second-order valence-corrected chi connectivity index (χ2v) is 6.92. The monoisotopic (exact) mass is 330 g/mol. The molecule has 4 nitrogen and oxygen atoms in total. The van der Waals surface area contributed by atoms with Crippen LogP contribution in [-0.4, -0.2) is 15.9 Å². The maximum Gasteiger partial charge on any atom is 0.154 e. The van der Waals surface area contributed by atoms with E-state index in [-0.39, 0.29) is 5.82 Å². The van der Waals surface area contributed by atoms with Crippen LogP contribution in [0.2, 0.25) is 0 Å². The highest BCUT2D eigenvalue weighted by molar-refractivity contribution is 8.13. The summed E-state index contributed by atoms with van der Waals surface area (Å²) in [5.41, 5.74) is 7.47. The van der Waals surface area contributed by atoms with E-state index in [2.05, 4.69) is 15.3 Å². The molecule has 1 atom stereocenters. The highest BCUT2D eigenvalue weighted by Gasteiger charge is 2.32. The lowest BCUT2D eigenvalue weighted by molar-refractivity contribution is 0.450. The number of anilines is 2. The number of aromatic nitrogens is 1. The minimum absolute atomic E-state index is 0.265. The number of hydrogen-bond acceptors (Lipinski definition) is 5. The molecule has 0 unspecified atom stereocenters. The van der Waals surface area contributed by atoms with E-state index in [1.807, 2.05) is 32.0 Å². The molecule has 0 saturated carbocycles. The van der Waals surface area contributed by atoms with Crippen molar-refractivity contribution in [1.82, 2.24) is 4.98 Å². The molecule has 0 bridgehead atoms. The fourth-order valence-electron chi connectivity index (χ4n) is 2.66. The van der Waals surface area contributed by atoms with Crippen molar-refractivity contribution in [3.05, 3.63) is 53.5 Å². The molecule has 0 amide bonds. The van der Waals surface area contributed by atoms with Crippen molar-refractivity contribution in [1.29, 1.82) is 0 Å². The number of aliphatic imine (C=N–C) groups is 1. The van der Waals surface area contributed by atoms with E-state index >= 15 is 0 Å². The highest BCUT2D eigenvalue weighted by Crippen LogP contribution is 2.37. The topological polar surface area (TPSA) is 63.3 Å². The molecule has 3 rings (SSSR count). The van der Waals surface area contributed by atoms with Gasteiger partial charge in [-0.1, -0.05) is 17.8 Å². The number of nitrogens with one attached hydrogen (secondary N) is 1. The summed E-state index contributed by atoms with van der Waals surface area (Å²) in [5.74, 6) is 1.30. The van der Waals surface area contributed by atoms with E-state index in [0.717, 1.165) is 29.4 Å². The van der Waals surface area contributed by atoms with Gasteiger partial charge in [0.1, 0.15) is 11.6 Å². The summed E-state index contributed by atoms with van der Waals surface area (Å²) in [6.45, 7) is 3.85. The smallest absolute Gasteiger partial charge is 0.154 e. The Labute approximate surface area is 139 Å². The minimum atomic E-state index is -0.628. The van der Waals surface area contributed by atoms with Crippen LogP contribution in [0.5, 0.6) is 0 Å². The fraction of sp³-hybridized carbons (Fsp3) is 0.294. The van der Waals surface area contributed by atoms with Gasteiger partial charge >= 0.3 is 0 Å². The molecule has 1 aromatic heterocycles. The van der Waals surface area contributed by atoms with Crippen LogP contribution < -0.4 is 11.1 Å². The molecule has 0 spiro atoms. The average molecular weight is 330 g/mol. The van der Waals surface area contributed by atoms with Crippen LogP contribution in [0.3, 0.4) is 0 Å². The molecular formula is C17H19FN4S. The van der Waals surface area contributed by atoms with Gasteiger partial charge in [0.15, 0.2) is 5.17 Å². The van der Waals surface area contributed by atoms with Crippen molar-refractivity contribution in [2.24, 2.45) is 10.7 Å². The van der Waals surface area contributed by atoms with Crippen LogP contribution in [-0.2, 0) is 5.54 Å². The molecule has 1 aromatic carbocycles. The molecule has 0 fully saturated rings. The Morgan fingerprint density at radius 1 is 1.30 bits per heavy atom. The van der Waals surface area contributed by atoms with E-state index < -0.39 is 5.54 Å². The normalized spacial score (nSPS) is 20.9. The second-order valence-electron chi connectivity index (χ2n) is 5.81. The Hall–Kier alpha value is -2.08. The summed E-state index contributed by atoms with van der Waals surface area (Å²) < 4.78 is 14.4. The number of amidine groups is 1. The first-order chi connectivity index (χ1) is 11.0. The van der Waals surface area contributed by atoms with E-state index in [0.29, 0.717) is 10.7 Å². The Balaban J connectivity index is 1.95. The largest absolute Gasteiger partial charge is 0.379 e. The fourth-order valence-corrected chi connectivity index (χ4v) is 3.63. The number of pyridine rings is 1. The molecule has 6 heteroatoms. The van der Waals surface area contributed by atoms with Gasteiger partial charge in [0, 0.05) is 22.7 Å². The van der Waals surface area contributed by atoms with Gasteiger partial charge in [-0.25, -0.2) is 9.37 Å². The van der Waals surface area contributed by atoms with E-state index in [9.17, 15) is 4.39 Å². The Kier molecular flexibility index (Phi) is 4.26. The predicted molar refractivity (Wildman–Crippen MR) is 94.7 cm³/mol. The number of benzene rings is 1. The number of rotatable bonds is 3. The van der Waals surface area contributed by atoms with Gasteiger partial charge in [0.2, 0.25) is 0 Å². The first-order valence-corrected chi connectivity index (χ1v) is 8.44. The van der Waals surface area contributed by atoms with Gasteiger partial charge in [-0.15, -0.1) is 0 Å². The molecule has 1 aliphatic heterocycles. The maximum atomic E-state index is 14.4. The predicted octanol–water partition coefficient (Wildman–Crippen LogP) is 3.94. The van der Waals surface area contributed by atoms with Crippen LogP contribution in [0.25, 0.3) is 0 Å². The first kappa shape index (κ1) is 15.8. The molecule has 23 heavy (non-hydrogen) atoms. The van der Waals surface area contributed by atoms with E-state index in [1.54, 1.807) is 12.1 Å². The standard InChI is InChI=1S/C17H19FN4S/c1-11-4-3-5-15(20-11)21-12-6-7-14(18)13(10-12)17(2)8-9-23-16(19)22-17/h3-7,10H,8-9H2,1-2H3,(H2,19,22)(H,20,21)/t17-/m0/s1. The summed E-state index contributed by atoms with van der Waals surface area (Å²) in [7, 11) is 0. The molecular weight excluding hydrogens is 311 g/mol.